The highest BCUT2D eigenvalue weighted by Gasteiger charge is 2.14. The Labute approximate surface area is 80.2 Å². The zero-order valence-corrected chi connectivity index (χ0v) is 8.42. The van der Waals surface area contributed by atoms with Crippen LogP contribution in [0.4, 0.5) is 0 Å². The van der Waals surface area contributed by atoms with Gasteiger partial charge in [0.2, 0.25) is 0 Å². The van der Waals surface area contributed by atoms with Crippen LogP contribution >= 0.6 is 0 Å². The highest BCUT2D eigenvalue weighted by Crippen LogP contribution is 2.25. The summed E-state index contributed by atoms with van der Waals surface area (Å²) in [5.41, 5.74) is 6.93. The van der Waals surface area contributed by atoms with Crippen LogP contribution in [0.5, 0.6) is 0 Å². The van der Waals surface area contributed by atoms with Gasteiger partial charge in [-0.25, -0.2) is 5.53 Å². The molecule has 3 nitrogen and oxygen atoms in total. The predicted molar refractivity (Wildman–Crippen MR) is 54.3 cm³/mol. The van der Waals surface area contributed by atoms with E-state index in [9.17, 15) is 0 Å². The first-order valence-electron chi connectivity index (χ1n) is 5.20. The fourth-order valence-electron chi connectivity index (χ4n) is 2.01. The number of amidine groups is 1. The first-order valence-corrected chi connectivity index (χ1v) is 5.20. The Kier molecular flexibility index (Phi) is 4.65. The number of nitrogens with zero attached hydrogens (tertiary/aromatic N) is 2. The molecule has 0 amide bonds. The van der Waals surface area contributed by atoms with Crippen LogP contribution < -0.4 is 0 Å². The lowest BCUT2D eigenvalue weighted by Gasteiger charge is -2.11. The summed E-state index contributed by atoms with van der Waals surface area (Å²) in [4.78, 5) is 3.99. The highest BCUT2D eigenvalue weighted by atomic mass is 15.0. The predicted octanol–water partition coefficient (Wildman–Crippen LogP) is 3.41. The molecule has 13 heavy (non-hydrogen) atoms. The minimum atomic E-state index is 0.715. The molecule has 1 saturated carbocycles. The summed E-state index contributed by atoms with van der Waals surface area (Å²) in [7, 11) is 1.73. The largest absolute Gasteiger partial charge is 0.272 e. The van der Waals surface area contributed by atoms with Gasteiger partial charge in [0.05, 0.1) is 0 Å². The molecule has 0 aliphatic heterocycles. The van der Waals surface area contributed by atoms with Crippen molar-refractivity contribution in [3.63, 3.8) is 0 Å². The van der Waals surface area contributed by atoms with Crippen LogP contribution in [0.3, 0.4) is 0 Å². The monoisotopic (exact) mass is 181 g/mol. The van der Waals surface area contributed by atoms with Crippen LogP contribution in [0.15, 0.2) is 10.1 Å². The van der Waals surface area contributed by atoms with Crippen LogP contribution in [0, 0.1) is 11.4 Å². The molecule has 0 aromatic carbocycles. The van der Waals surface area contributed by atoms with Crippen LogP contribution in [0.25, 0.3) is 0 Å². The SMILES string of the molecule is CN=C(CC1CCCCCC1)N=N. The van der Waals surface area contributed by atoms with Gasteiger partial charge in [0, 0.05) is 13.5 Å². The van der Waals surface area contributed by atoms with Gasteiger partial charge in [0.15, 0.2) is 0 Å². The Morgan fingerprint density at radius 3 is 2.31 bits per heavy atom. The molecule has 1 aliphatic carbocycles. The molecular weight excluding hydrogens is 162 g/mol. The smallest absolute Gasteiger partial charge is 0.145 e. The van der Waals surface area contributed by atoms with Crippen molar-refractivity contribution >= 4 is 5.84 Å². The molecule has 0 heterocycles. The first-order chi connectivity index (χ1) is 6.36. The van der Waals surface area contributed by atoms with Gasteiger partial charge < -0.3 is 0 Å². The summed E-state index contributed by atoms with van der Waals surface area (Å²) >= 11 is 0. The molecule has 0 aromatic rings. The van der Waals surface area contributed by atoms with Gasteiger partial charge in [0.1, 0.15) is 5.84 Å². The van der Waals surface area contributed by atoms with Crippen LogP contribution in [0.1, 0.15) is 44.9 Å². The molecule has 3 heteroatoms. The Bertz CT molecular complexity index is 179. The van der Waals surface area contributed by atoms with E-state index in [4.69, 9.17) is 5.53 Å². The third-order valence-corrected chi connectivity index (χ3v) is 2.83. The standard InChI is InChI=1S/C10H19N3/c1-12-10(13-11)8-9-6-4-2-3-5-7-9/h9,11H,2-8H2,1H3. The average Bonchev–Trinajstić information content (AvgIpc) is 2.42. The second-order valence-corrected chi connectivity index (χ2v) is 3.81. The highest BCUT2D eigenvalue weighted by molar-refractivity contribution is 5.82. The van der Waals surface area contributed by atoms with Crippen molar-refractivity contribution in [1.29, 1.82) is 5.53 Å². The molecule has 0 radical (unpaired) electrons. The second-order valence-electron chi connectivity index (χ2n) is 3.81. The molecule has 0 spiro atoms. The number of aliphatic imine (C=N–C) groups is 1. The Morgan fingerprint density at radius 1 is 1.23 bits per heavy atom. The molecule has 0 aromatic heterocycles. The van der Waals surface area contributed by atoms with Crippen molar-refractivity contribution in [2.24, 2.45) is 16.0 Å². The Morgan fingerprint density at radius 2 is 1.85 bits per heavy atom. The Balaban J connectivity index is 2.37. The lowest BCUT2D eigenvalue weighted by molar-refractivity contribution is 0.475. The van der Waals surface area contributed by atoms with Gasteiger partial charge in [-0.3, -0.25) is 4.99 Å². The number of nitrogens with one attached hydrogen (secondary N) is 1. The second kappa shape index (κ2) is 5.84. The van der Waals surface area contributed by atoms with Gasteiger partial charge >= 0.3 is 0 Å². The van der Waals surface area contributed by atoms with E-state index < -0.39 is 0 Å². The lowest BCUT2D eigenvalue weighted by atomic mass is 9.96. The van der Waals surface area contributed by atoms with E-state index in [0.717, 1.165) is 12.3 Å². The fraction of sp³-hybridized carbons (Fsp3) is 0.900. The molecule has 1 aliphatic rings. The maximum atomic E-state index is 6.93. The quantitative estimate of drug-likeness (QED) is 0.294. The van der Waals surface area contributed by atoms with Crippen molar-refractivity contribution in [3.8, 4) is 0 Å². The maximum absolute atomic E-state index is 6.93. The number of rotatable bonds is 2. The minimum absolute atomic E-state index is 0.715. The molecule has 0 saturated heterocycles. The number of hydrogen-bond acceptors (Lipinski definition) is 2. The molecule has 0 atom stereocenters. The summed E-state index contributed by atoms with van der Waals surface area (Å²) in [5.74, 6) is 1.45. The average molecular weight is 181 g/mol. The molecular formula is C10H19N3. The van der Waals surface area contributed by atoms with E-state index in [-0.39, 0.29) is 0 Å². The van der Waals surface area contributed by atoms with Crippen LogP contribution in [-0.4, -0.2) is 12.9 Å². The van der Waals surface area contributed by atoms with Gasteiger partial charge in [-0.2, -0.15) is 0 Å². The summed E-state index contributed by atoms with van der Waals surface area (Å²) < 4.78 is 0. The van der Waals surface area contributed by atoms with E-state index >= 15 is 0 Å². The van der Waals surface area contributed by atoms with E-state index in [1.807, 2.05) is 0 Å². The third-order valence-electron chi connectivity index (χ3n) is 2.83. The van der Waals surface area contributed by atoms with Gasteiger partial charge in [0.25, 0.3) is 0 Å². The number of hydrogen-bond donors (Lipinski definition) is 1. The van der Waals surface area contributed by atoms with Crippen LogP contribution in [-0.2, 0) is 0 Å². The zero-order valence-electron chi connectivity index (χ0n) is 8.42. The summed E-state index contributed by atoms with van der Waals surface area (Å²) in [6.07, 6.45) is 8.97. The van der Waals surface area contributed by atoms with Crippen molar-refractivity contribution in [1.82, 2.24) is 0 Å². The van der Waals surface area contributed by atoms with Crippen molar-refractivity contribution in [2.45, 2.75) is 44.9 Å². The summed E-state index contributed by atoms with van der Waals surface area (Å²) in [6, 6.07) is 0. The van der Waals surface area contributed by atoms with Gasteiger partial charge in [-0.15, -0.1) is 5.11 Å². The third kappa shape index (κ3) is 3.66. The molecule has 0 bridgehead atoms. The first kappa shape index (κ1) is 10.4. The van der Waals surface area contributed by atoms with Crippen molar-refractivity contribution in [3.05, 3.63) is 0 Å². The van der Waals surface area contributed by atoms with Crippen molar-refractivity contribution in [2.75, 3.05) is 7.05 Å². The van der Waals surface area contributed by atoms with E-state index in [1.54, 1.807) is 7.05 Å². The van der Waals surface area contributed by atoms with Gasteiger partial charge in [-0.1, -0.05) is 38.5 Å². The van der Waals surface area contributed by atoms with E-state index in [2.05, 4.69) is 10.1 Å². The molecule has 1 fully saturated rings. The normalized spacial score (nSPS) is 21.2. The minimum Gasteiger partial charge on any atom is -0.272 e. The van der Waals surface area contributed by atoms with Gasteiger partial charge in [-0.05, 0) is 5.92 Å². The molecule has 74 valence electrons. The zero-order chi connectivity index (χ0) is 9.52. The molecule has 1 N–H and O–H groups in total. The Hall–Kier alpha value is -0.730. The molecule has 0 unspecified atom stereocenters. The van der Waals surface area contributed by atoms with Crippen molar-refractivity contribution < 1.29 is 0 Å². The fourth-order valence-corrected chi connectivity index (χ4v) is 2.01. The summed E-state index contributed by atoms with van der Waals surface area (Å²) in [5, 5.41) is 3.43. The topological polar surface area (TPSA) is 48.6 Å². The summed E-state index contributed by atoms with van der Waals surface area (Å²) in [6.45, 7) is 0. The maximum Gasteiger partial charge on any atom is 0.145 e. The molecule has 1 rings (SSSR count). The van der Waals surface area contributed by atoms with Crippen LogP contribution in [0.2, 0.25) is 0 Å². The lowest BCUT2D eigenvalue weighted by Crippen LogP contribution is -2.05. The van der Waals surface area contributed by atoms with E-state index in [1.165, 1.54) is 38.5 Å². The van der Waals surface area contributed by atoms with E-state index in [0.29, 0.717) is 5.84 Å².